The molecule has 0 amide bonds. The van der Waals surface area contributed by atoms with E-state index in [1.807, 2.05) is 21.4 Å². The van der Waals surface area contributed by atoms with Crippen LogP contribution in [0, 0.1) is 0 Å². The molecule has 0 aromatic carbocycles. The van der Waals surface area contributed by atoms with E-state index in [0.717, 1.165) is 6.54 Å². The van der Waals surface area contributed by atoms with Gasteiger partial charge in [0.2, 0.25) is 0 Å². The second-order valence-corrected chi connectivity index (χ2v) is 2.47. The first kappa shape index (κ1) is 12.0. The molecular formula is C9H14AlClN+3. The van der Waals surface area contributed by atoms with Crippen molar-refractivity contribution in [3.63, 3.8) is 0 Å². The summed E-state index contributed by atoms with van der Waals surface area (Å²) < 4.78 is 2.21. The number of aromatic nitrogens is 1. The van der Waals surface area contributed by atoms with E-state index in [2.05, 4.69) is 46.1 Å². The molecule has 3 heteroatoms. The average Bonchev–Trinajstić information content (AvgIpc) is 2.19. The van der Waals surface area contributed by atoms with Crippen molar-refractivity contribution in [2.75, 3.05) is 0 Å². The van der Waals surface area contributed by atoms with Crippen LogP contribution in [0.3, 0.4) is 0 Å². The minimum atomic E-state index is 1.15. The van der Waals surface area contributed by atoms with E-state index in [4.69, 9.17) is 0 Å². The van der Waals surface area contributed by atoms with Crippen LogP contribution in [0.5, 0.6) is 0 Å². The quantitative estimate of drug-likeness (QED) is 0.517. The van der Waals surface area contributed by atoms with Crippen LogP contribution < -0.4 is 4.57 Å². The number of pyridine rings is 1. The minimum absolute atomic E-state index is 1.15. The zero-order chi connectivity index (χ0) is 9.23. The van der Waals surface area contributed by atoms with Gasteiger partial charge in [0.25, 0.3) is 0 Å². The van der Waals surface area contributed by atoms with Gasteiger partial charge in [0.05, 0.1) is 0 Å². The van der Waals surface area contributed by atoms with Gasteiger partial charge in [-0.1, -0.05) is 19.4 Å². The van der Waals surface area contributed by atoms with Gasteiger partial charge in [-0.15, -0.1) is 0 Å². The Balaban J connectivity index is 0.000000561. The predicted molar refractivity (Wildman–Crippen MR) is 53.2 cm³/mol. The van der Waals surface area contributed by atoms with Gasteiger partial charge in [-0.2, -0.15) is 0 Å². The zero-order valence-electron chi connectivity index (χ0n) is 7.41. The molecule has 12 heavy (non-hydrogen) atoms. The molecule has 0 aliphatic heterocycles. The van der Waals surface area contributed by atoms with Gasteiger partial charge < -0.3 is 0 Å². The van der Waals surface area contributed by atoms with E-state index < -0.39 is 0 Å². The Morgan fingerprint density at radius 3 is 2.25 bits per heavy atom. The Labute approximate surface area is 87.0 Å². The summed E-state index contributed by atoms with van der Waals surface area (Å²) in [5.41, 5.74) is 0. The van der Waals surface area contributed by atoms with Crippen molar-refractivity contribution in [2.24, 2.45) is 0 Å². The van der Waals surface area contributed by atoms with Crippen molar-refractivity contribution in [1.29, 1.82) is 0 Å². The second kappa shape index (κ2) is 9.06. The first-order valence-electron chi connectivity index (χ1n) is 4.09. The summed E-state index contributed by atoms with van der Waals surface area (Å²) in [6.45, 7) is 3.36. The fraction of sp³-hybridized carbons (Fsp3) is 0.444. The van der Waals surface area contributed by atoms with Crippen LogP contribution in [-0.2, 0) is 6.54 Å². The van der Waals surface area contributed by atoms with Gasteiger partial charge in [-0.05, 0) is 0 Å². The van der Waals surface area contributed by atoms with Crippen LogP contribution in [0.15, 0.2) is 30.6 Å². The van der Waals surface area contributed by atoms with Gasteiger partial charge in [0.15, 0.2) is 12.4 Å². The molecule has 1 aromatic heterocycles. The van der Waals surface area contributed by atoms with Gasteiger partial charge in [0, 0.05) is 18.6 Å². The third-order valence-electron chi connectivity index (χ3n) is 1.55. The van der Waals surface area contributed by atoms with Crippen LogP contribution in [0.4, 0.5) is 0 Å². The number of halogens is 1. The van der Waals surface area contributed by atoms with E-state index >= 15 is 0 Å². The molecule has 1 heterocycles. The van der Waals surface area contributed by atoms with Crippen LogP contribution in [0.1, 0.15) is 19.8 Å². The first-order valence-corrected chi connectivity index (χ1v) is 5.84. The Bertz CT molecular complexity index is 179. The van der Waals surface area contributed by atoms with Gasteiger partial charge in [-0.3, -0.25) is 0 Å². The summed E-state index contributed by atoms with van der Waals surface area (Å²) >= 11 is 1.89. The fourth-order valence-electron chi connectivity index (χ4n) is 0.924. The van der Waals surface area contributed by atoms with Gasteiger partial charge in [-0.25, -0.2) is 4.57 Å². The molecule has 0 spiro atoms. The predicted octanol–water partition coefficient (Wildman–Crippen LogP) is 2.08. The molecule has 1 nitrogen and oxygen atoms in total. The van der Waals surface area contributed by atoms with E-state index in [9.17, 15) is 0 Å². The van der Waals surface area contributed by atoms with Crippen molar-refractivity contribution >= 4 is 25.4 Å². The SMILES string of the molecule is CCCC[n+]1ccccc1.[Al+2][Cl]. The Hall–Kier alpha value is -0.0275. The molecule has 1 aromatic rings. The molecule has 0 bridgehead atoms. The molecule has 0 radical (unpaired) electrons. The van der Waals surface area contributed by atoms with Gasteiger partial charge >= 0.3 is 25.4 Å². The Kier molecular flexibility index (Phi) is 9.04. The van der Waals surface area contributed by atoms with Crippen molar-refractivity contribution in [2.45, 2.75) is 26.3 Å². The number of hydrogen-bond donors (Lipinski definition) is 0. The van der Waals surface area contributed by atoms with Gasteiger partial charge in [0.1, 0.15) is 6.54 Å². The maximum absolute atomic E-state index is 4.56. The Morgan fingerprint density at radius 1 is 1.17 bits per heavy atom. The molecule has 0 fully saturated rings. The molecule has 0 unspecified atom stereocenters. The number of hydrogen-bond acceptors (Lipinski definition) is 0. The van der Waals surface area contributed by atoms with Crippen molar-refractivity contribution < 1.29 is 4.57 Å². The van der Waals surface area contributed by atoms with Crippen LogP contribution in [0.2, 0.25) is 0 Å². The van der Waals surface area contributed by atoms with E-state index in [0.29, 0.717) is 0 Å². The number of aryl methyl sites for hydroxylation is 1. The van der Waals surface area contributed by atoms with E-state index in [1.54, 1.807) is 0 Å². The molecule has 1 rings (SSSR count). The molecule has 0 saturated carbocycles. The summed E-state index contributed by atoms with van der Waals surface area (Å²) in [5, 5.41) is 0. The van der Waals surface area contributed by atoms with Crippen molar-refractivity contribution in [1.82, 2.24) is 0 Å². The summed E-state index contributed by atoms with van der Waals surface area (Å²) in [6, 6.07) is 6.17. The number of rotatable bonds is 3. The van der Waals surface area contributed by atoms with Crippen LogP contribution in [-0.4, -0.2) is 15.4 Å². The van der Waals surface area contributed by atoms with Crippen LogP contribution >= 0.6 is 10.0 Å². The molecular weight excluding hydrogens is 185 g/mol. The molecule has 0 aliphatic rings. The number of nitrogens with zero attached hydrogens (tertiary/aromatic N) is 1. The summed E-state index contributed by atoms with van der Waals surface area (Å²) in [4.78, 5) is 0. The molecule has 0 N–H and O–H groups in total. The van der Waals surface area contributed by atoms with E-state index in [-0.39, 0.29) is 0 Å². The summed E-state index contributed by atoms with van der Waals surface area (Å²) in [5.74, 6) is 0. The zero-order valence-corrected chi connectivity index (χ0v) is 9.32. The third kappa shape index (κ3) is 5.60. The fourth-order valence-corrected chi connectivity index (χ4v) is 0.924. The number of unbranched alkanes of at least 4 members (excludes halogenated alkanes) is 1. The average molecular weight is 199 g/mol. The van der Waals surface area contributed by atoms with Crippen molar-refractivity contribution in [3.05, 3.63) is 30.6 Å². The molecule has 0 atom stereocenters. The normalized spacial score (nSPS) is 8.67. The summed E-state index contributed by atoms with van der Waals surface area (Å²) in [7, 11) is 4.56. The molecule has 0 aliphatic carbocycles. The third-order valence-corrected chi connectivity index (χ3v) is 1.55. The van der Waals surface area contributed by atoms with Crippen LogP contribution in [0.25, 0.3) is 0 Å². The molecule has 62 valence electrons. The monoisotopic (exact) mass is 198 g/mol. The summed E-state index contributed by atoms with van der Waals surface area (Å²) in [6.07, 6.45) is 6.75. The van der Waals surface area contributed by atoms with E-state index in [1.165, 1.54) is 12.8 Å². The second-order valence-electron chi connectivity index (χ2n) is 2.47. The standard InChI is InChI=1S/C9H14N.Al.ClH/c1-2-3-7-10-8-5-4-6-9-10;;/h4-6,8-9H,2-3,7H2,1H3;;1H/q+1;+3;/p-1. The molecule has 0 saturated heterocycles. The van der Waals surface area contributed by atoms with Crippen molar-refractivity contribution in [3.8, 4) is 0 Å². The Morgan fingerprint density at radius 2 is 1.75 bits per heavy atom. The topological polar surface area (TPSA) is 3.88 Å². The maximum atomic E-state index is 4.56. The first-order chi connectivity index (χ1) is 5.93.